The molecule has 5 nitrogen and oxygen atoms in total. The van der Waals surface area contributed by atoms with Crippen molar-refractivity contribution in [2.75, 3.05) is 0 Å². The molecular formula is C54H43N5. The fourth-order valence-corrected chi connectivity index (χ4v) is 10.2. The van der Waals surface area contributed by atoms with Gasteiger partial charge in [0.1, 0.15) is 18.2 Å². The van der Waals surface area contributed by atoms with E-state index in [1.54, 1.807) is 0 Å². The quantitative estimate of drug-likeness (QED) is 0.158. The van der Waals surface area contributed by atoms with Crippen LogP contribution in [-0.4, -0.2) is 25.0 Å². The van der Waals surface area contributed by atoms with E-state index in [1.165, 1.54) is 77.0 Å². The average Bonchev–Trinajstić information content (AvgIpc) is 3.54. The second-order valence-corrected chi connectivity index (χ2v) is 16.8. The number of para-hydroxylation sites is 1. The second kappa shape index (κ2) is 12.8. The van der Waals surface area contributed by atoms with Crippen molar-refractivity contribution in [1.82, 2.24) is 19.2 Å². The number of aryl methyl sites for hydroxylation is 2. The number of benzene rings is 7. The summed E-state index contributed by atoms with van der Waals surface area (Å²) in [5.41, 5.74) is 14.6. The molecule has 0 spiro atoms. The van der Waals surface area contributed by atoms with Crippen molar-refractivity contribution in [3.05, 3.63) is 210 Å². The maximum absolute atomic E-state index is 5.31. The van der Waals surface area contributed by atoms with Crippen molar-refractivity contribution in [2.24, 2.45) is 4.99 Å². The minimum Gasteiger partial charge on any atom is -0.331 e. The number of amidine groups is 1. The van der Waals surface area contributed by atoms with Gasteiger partial charge in [0.2, 0.25) is 0 Å². The molecule has 0 bridgehead atoms. The van der Waals surface area contributed by atoms with E-state index in [1.807, 2.05) is 0 Å². The van der Waals surface area contributed by atoms with Gasteiger partial charge in [0.15, 0.2) is 0 Å². The molecule has 1 saturated heterocycles. The fourth-order valence-electron chi connectivity index (χ4n) is 10.2. The molecule has 59 heavy (non-hydrogen) atoms. The van der Waals surface area contributed by atoms with Crippen LogP contribution >= 0.6 is 0 Å². The number of fused-ring (bicyclic) bond motifs is 7. The summed E-state index contributed by atoms with van der Waals surface area (Å²) in [7, 11) is 0. The minimum absolute atomic E-state index is 0.0531. The Kier molecular flexibility index (Phi) is 7.39. The molecular weight excluding hydrogens is 719 g/mol. The van der Waals surface area contributed by atoms with Gasteiger partial charge in [-0.2, -0.15) is 5.01 Å². The van der Waals surface area contributed by atoms with Crippen LogP contribution in [0.4, 0.5) is 0 Å². The summed E-state index contributed by atoms with van der Waals surface area (Å²) < 4.78 is 4.99. The fraction of sp³-hybridized carbons (Fsp3) is 0.130. The Bertz CT molecular complexity index is 3240. The van der Waals surface area contributed by atoms with Crippen LogP contribution in [0.5, 0.6) is 0 Å². The number of rotatable bonds is 6. The van der Waals surface area contributed by atoms with Crippen LogP contribution in [0.15, 0.2) is 187 Å². The lowest BCUT2D eigenvalue weighted by Gasteiger charge is -2.31. The lowest BCUT2D eigenvalue weighted by molar-refractivity contribution is 0.341. The Hall–Kier alpha value is -6.95. The Morgan fingerprint density at radius 3 is 1.95 bits per heavy atom. The lowest BCUT2D eigenvalue weighted by Crippen LogP contribution is -2.27. The highest BCUT2D eigenvalue weighted by atomic mass is 15.9. The first kappa shape index (κ1) is 34.1. The van der Waals surface area contributed by atoms with Crippen molar-refractivity contribution in [2.45, 2.75) is 45.1 Å². The molecule has 0 amide bonds. The number of aromatic nitrogens is 2. The smallest absolute Gasteiger partial charge is 0.150 e. The Labute approximate surface area is 344 Å². The van der Waals surface area contributed by atoms with Gasteiger partial charge in [-0.25, -0.2) is 4.99 Å². The topological polar surface area (TPSA) is 28.2 Å². The summed E-state index contributed by atoms with van der Waals surface area (Å²) in [6.07, 6.45) is 10.1. The SMILES string of the molecule is Cc1cc(C)c2c(c1)c1cc(-c3ccc4c(c3)c3ccccc3n4C3(C)C=CC=CC3)ccc1n2-c1ccc(C2=NC(c3ccccc3)N3C(c4ccccc4)N23)cc1. The molecule has 2 aromatic heterocycles. The molecule has 0 radical (unpaired) electrons. The Balaban J connectivity index is 0.957. The first-order valence-corrected chi connectivity index (χ1v) is 20.8. The third-order valence-corrected chi connectivity index (χ3v) is 12.9. The van der Waals surface area contributed by atoms with Crippen molar-refractivity contribution in [1.29, 1.82) is 0 Å². The third-order valence-electron chi connectivity index (χ3n) is 12.9. The highest BCUT2D eigenvalue weighted by Crippen LogP contribution is 2.54. The minimum atomic E-state index is -0.123. The van der Waals surface area contributed by atoms with Crippen molar-refractivity contribution in [3.8, 4) is 16.8 Å². The van der Waals surface area contributed by atoms with Crippen LogP contribution in [0.1, 0.15) is 53.5 Å². The highest BCUT2D eigenvalue weighted by Gasteiger charge is 2.57. The van der Waals surface area contributed by atoms with Crippen LogP contribution in [0.2, 0.25) is 0 Å². The lowest BCUT2D eigenvalue weighted by atomic mass is 9.92. The van der Waals surface area contributed by atoms with Crippen molar-refractivity contribution >= 4 is 49.4 Å². The Morgan fingerprint density at radius 1 is 0.576 bits per heavy atom. The van der Waals surface area contributed by atoms with Crippen LogP contribution in [0, 0.1) is 13.8 Å². The molecule has 2 aliphatic heterocycles. The number of hydrogen-bond donors (Lipinski definition) is 0. The third kappa shape index (κ3) is 5.18. The molecule has 4 atom stereocenters. The van der Waals surface area contributed by atoms with E-state index < -0.39 is 0 Å². The summed E-state index contributed by atoms with van der Waals surface area (Å²) in [5, 5.41) is 9.88. The van der Waals surface area contributed by atoms with E-state index in [4.69, 9.17) is 4.99 Å². The molecule has 9 aromatic rings. The Morgan fingerprint density at radius 2 is 1.22 bits per heavy atom. The summed E-state index contributed by atoms with van der Waals surface area (Å²) in [6.45, 7) is 6.80. The summed E-state index contributed by atoms with van der Waals surface area (Å²) in [4.78, 5) is 5.31. The normalized spacial score (nSPS) is 20.9. The van der Waals surface area contributed by atoms with Gasteiger partial charge in [-0.05, 0) is 116 Å². The number of allylic oxidation sites excluding steroid dienone is 4. The monoisotopic (exact) mass is 761 g/mol. The van der Waals surface area contributed by atoms with Gasteiger partial charge in [0.05, 0.1) is 16.6 Å². The molecule has 0 N–H and O–H groups in total. The van der Waals surface area contributed by atoms with Crippen LogP contribution in [0.3, 0.4) is 0 Å². The predicted octanol–water partition coefficient (Wildman–Crippen LogP) is 13.1. The van der Waals surface area contributed by atoms with E-state index in [9.17, 15) is 0 Å². The van der Waals surface area contributed by atoms with Gasteiger partial charge in [-0.3, -0.25) is 5.01 Å². The van der Waals surface area contributed by atoms with E-state index >= 15 is 0 Å². The first-order chi connectivity index (χ1) is 28.9. The zero-order chi connectivity index (χ0) is 39.4. The molecule has 1 aliphatic carbocycles. The summed E-state index contributed by atoms with van der Waals surface area (Å²) in [5.74, 6) is 1.01. The van der Waals surface area contributed by atoms with Gasteiger partial charge in [-0.1, -0.05) is 127 Å². The molecule has 4 heterocycles. The standard InChI is InChI=1S/C54H43N5/c1-35-31-36(2)50-46(32-35)45-34-40(41-24-28-49-44(33-41)43-19-11-12-20-48(43)57(49)54(3)29-13-6-14-30-54)23-27-47(45)56(50)42-25-21-38(22-26-42)52-55-51(37-15-7-4-8-16-37)58-53(59(52)58)39-17-9-5-10-18-39/h4-29,31-34,51,53H,30H2,1-3H3. The number of hydrogen-bond acceptors (Lipinski definition) is 3. The van der Waals surface area contributed by atoms with Crippen LogP contribution in [0.25, 0.3) is 60.4 Å². The van der Waals surface area contributed by atoms with E-state index in [2.05, 4.69) is 222 Å². The van der Waals surface area contributed by atoms with Gasteiger partial charge in [0.25, 0.3) is 0 Å². The molecule has 284 valence electrons. The largest absolute Gasteiger partial charge is 0.331 e. The van der Waals surface area contributed by atoms with E-state index in [0.29, 0.717) is 0 Å². The first-order valence-electron chi connectivity index (χ1n) is 20.8. The molecule has 5 heteroatoms. The highest BCUT2D eigenvalue weighted by molar-refractivity contribution is 6.13. The summed E-state index contributed by atoms with van der Waals surface area (Å²) in [6, 6.07) is 58.1. The average molecular weight is 762 g/mol. The van der Waals surface area contributed by atoms with Gasteiger partial charge in [-0.15, -0.1) is 0 Å². The predicted molar refractivity (Wildman–Crippen MR) is 244 cm³/mol. The van der Waals surface area contributed by atoms with E-state index in [0.717, 1.165) is 23.5 Å². The van der Waals surface area contributed by atoms with Crippen molar-refractivity contribution < 1.29 is 0 Å². The van der Waals surface area contributed by atoms with Crippen molar-refractivity contribution in [3.63, 3.8) is 0 Å². The molecule has 12 rings (SSSR count). The molecule has 1 fully saturated rings. The molecule has 4 unspecified atom stereocenters. The van der Waals surface area contributed by atoms with Gasteiger partial charge in [0, 0.05) is 43.8 Å². The maximum Gasteiger partial charge on any atom is 0.150 e. The number of nitrogens with zero attached hydrogens (tertiary/aromatic N) is 5. The summed E-state index contributed by atoms with van der Waals surface area (Å²) >= 11 is 0. The van der Waals surface area contributed by atoms with Gasteiger partial charge >= 0.3 is 0 Å². The molecule has 7 aromatic carbocycles. The molecule has 0 saturated carbocycles. The van der Waals surface area contributed by atoms with Crippen LogP contribution in [-0.2, 0) is 5.54 Å². The zero-order valence-corrected chi connectivity index (χ0v) is 33.4. The van der Waals surface area contributed by atoms with Crippen LogP contribution < -0.4 is 0 Å². The number of hydrazine groups is 1. The van der Waals surface area contributed by atoms with E-state index in [-0.39, 0.29) is 17.9 Å². The zero-order valence-electron chi connectivity index (χ0n) is 33.4. The van der Waals surface area contributed by atoms with Gasteiger partial charge < -0.3 is 9.13 Å². The molecule has 3 aliphatic rings. The number of aliphatic imine (C=N–C) groups is 1. The maximum atomic E-state index is 5.31. The second-order valence-electron chi connectivity index (χ2n) is 16.8.